The highest BCUT2D eigenvalue weighted by Gasteiger charge is 2.23. The number of nitrogens with two attached hydrogens (primary N) is 1. The summed E-state index contributed by atoms with van der Waals surface area (Å²) in [6, 6.07) is 0. The van der Waals surface area contributed by atoms with Crippen LogP contribution in [0.4, 0.5) is 23.2 Å². The Bertz CT molecular complexity index is 358. The molecule has 0 atom stereocenters. The van der Waals surface area contributed by atoms with Gasteiger partial charge in [0, 0.05) is 5.56 Å². The summed E-state index contributed by atoms with van der Waals surface area (Å²) >= 11 is 0. The Kier molecular flexibility index (Phi) is 3.21. The number of rotatable bonds is 2. The second-order valence-corrected chi connectivity index (χ2v) is 3.75. The third kappa shape index (κ3) is 2.06. The lowest BCUT2D eigenvalue weighted by Gasteiger charge is -2.10. The minimum atomic E-state index is -1.52. The molecule has 5 heteroatoms. The summed E-state index contributed by atoms with van der Waals surface area (Å²) in [7, 11) is 0. The van der Waals surface area contributed by atoms with Crippen molar-refractivity contribution in [1.82, 2.24) is 0 Å². The van der Waals surface area contributed by atoms with E-state index in [-0.39, 0.29) is 12.3 Å². The standard InChI is InChI=1S/C10H11F4N/c1-4(2)3-5-6(11)8(13)10(15)9(14)7(5)12/h4H,3,15H2,1-2H3. The zero-order valence-electron chi connectivity index (χ0n) is 8.37. The molecule has 0 aromatic heterocycles. The molecule has 1 aromatic carbocycles. The molecular formula is C10H11F4N. The van der Waals surface area contributed by atoms with Crippen LogP contribution in [0.15, 0.2) is 0 Å². The van der Waals surface area contributed by atoms with Crippen molar-refractivity contribution in [2.24, 2.45) is 5.92 Å². The minimum Gasteiger partial charge on any atom is -0.394 e. The van der Waals surface area contributed by atoms with Crippen molar-refractivity contribution < 1.29 is 17.6 Å². The van der Waals surface area contributed by atoms with Gasteiger partial charge in [-0.15, -0.1) is 0 Å². The molecule has 0 fully saturated rings. The van der Waals surface area contributed by atoms with E-state index in [9.17, 15) is 17.6 Å². The first-order valence-corrected chi connectivity index (χ1v) is 4.46. The smallest absolute Gasteiger partial charge is 0.185 e. The highest BCUT2D eigenvalue weighted by molar-refractivity contribution is 5.45. The molecule has 0 aliphatic heterocycles. The SMILES string of the molecule is CC(C)Cc1c(F)c(F)c(N)c(F)c1F. The largest absolute Gasteiger partial charge is 0.394 e. The summed E-state index contributed by atoms with van der Waals surface area (Å²) in [4.78, 5) is 0. The second kappa shape index (κ2) is 4.08. The Balaban J connectivity index is 3.39. The van der Waals surface area contributed by atoms with Gasteiger partial charge in [0.2, 0.25) is 0 Å². The van der Waals surface area contributed by atoms with Crippen LogP contribution in [-0.2, 0) is 6.42 Å². The number of benzene rings is 1. The monoisotopic (exact) mass is 221 g/mol. The first kappa shape index (κ1) is 11.8. The number of hydrogen-bond acceptors (Lipinski definition) is 1. The molecule has 0 spiro atoms. The van der Waals surface area contributed by atoms with Crippen LogP contribution in [0.1, 0.15) is 19.4 Å². The maximum Gasteiger partial charge on any atom is 0.185 e. The Morgan fingerprint density at radius 3 is 1.67 bits per heavy atom. The van der Waals surface area contributed by atoms with Crippen molar-refractivity contribution in [3.8, 4) is 0 Å². The van der Waals surface area contributed by atoms with Crippen LogP contribution in [0.3, 0.4) is 0 Å². The van der Waals surface area contributed by atoms with Crippen LogP contribution in [-0.4, -0.2) is 0 Å². The van der Waals surface area contributed by atoms with E-state index < -0.39 is 34.5 Å². The predicted molar refractivity (Wildman–Crippen MR) is 49.2 cm³/mol. The fourth-order valence-corrected chi connectivity index (χ4v) is 1.28. The Hall–Kier alpha value is -1.26. The lowest BCUT2D eigenvalue weighted by atomic mass is 10.0. The van der Waals surface area contributed by atoms with E-state index in [0.29, 0.717) is 0 Å². The minimum absolute atomic E-state index is 0.0776. The van der Waals surface area contributed by atoms with Crippen molar-refractivity contribution in [2.75, 3.05) is 5.73 Å². The molecule has 0 radical (unpaired) electrons. The Morgan fingerprint density at radius 2 is 1.33 bits per heavy atom. The van der Waals surface area contributed by atoms with Crippen molar-refractivity contribution in [3.63, 3.8) is 0 Å². The summed E-state index contributed by atoms with van der Waals surface area (Å²) in [5.74, 6) is -5.97. The van der Waals surface area contributed by atoms with Gasteiger partial charge >= 0.3 is 0 Å². The molecule has 0 saturated carbocycles. The van der Waals surface area contributed by atoms with Crippen LogP contribution in [0.2, 0.25) is 0 Å². The first-order chi connectivity index (χ1) is 6.86. The molecule has 1 nitrogen and oxygen atoms in total. The van der Waals surface area contributed by atoms with Gasteiger partial charge < -0.3 is 5.73 Å². The maximum absolute atomic E-state index is 13.2. The molecule has 0 saturated heterocycles. The summed E-state index contributed by atoms with van der Waals surface area (Å²) in [6.07, 6.45) is -0.0776. The predicted octanol–water partition coefficient (Wildman–Crippen LogP) is 3.02. The number of hydrogen-bond donors (Lipinski definition) is 1. The molecule has 0 amide bonds. The molecule has 0 bridgehead atoms. The number of halogens is 4. The van der Waals surface area contributed by atoms with E-state index in [1.54, 1.807) is 13.8 Å². The van der Waals surface area contributed by atoms with E-state index >= 15 is 0 Å². The molecule has 2 N–H and O–H groups in total. The summed E-state index contributed by atoms with van der Waals surface area (Å²) in [5, 5.41) is 0. The fourth-order valence-electron chi connectivity index (χ4n) is 1.28. The molecule has 0 unspecified atom stereocenters. The molecule has 0 heterocycles. The fraction of sp³-hybridized carbons (Fsp3) is 0.400. The molecule has 15 heavy (non-hydrogen) atoms. The molecule has 84 valence electrons. The summed E-state index contributed by atoms with van der Waals surface area (Å²) < 4.78 is 52.4. The van der Waals surface area contributed by atoms with Crippen LogP contribution in [0.25, 0.3) is 0 Å². The van der Waals surface area contributed by atoms with E-state index in [1.807, 2.05) is 0 Å². The van der Waals surface area contributed by atoms with E-state index in [2.05, 4.69) is 0 Å². The lowest BCUT2D eigenvalue weighted by Crippen LogP contribution is -2.10. The lowest BCUT2D eigenvalue weighted by molar-refractivity contribution is 0.435. The highest BCUT2D eigenvalue weighted by atomic mass is 19.2. The Morgan fingerprint density at radius 1 is 0.933 bits per heavy atom. The van der Waals surface area contributed by atoms with Gasteiger partial charge in [-0.3, -0.25) is 0 Å². The van der Waals surface area contributed by atoms with Crippen LogP contribution in [0.5, 0.6) is 0 Å². The molecule has 1 rings (SSSR count). The first-order valence-electron chi connectivity index (χ1n) is 4.46. The van der Waals surface area contributed by atoms with Crippen molar-refractivity contribution in [2.45, 2.75) is 20.3 Å². The van der Waals surface area contributed by atoms with Gasteiger partial charge in [-0.25, -0.2) is 17.6 Å². The van der Waals surface area contributed by atoms with E-state index in [4.69, 9.17) is 5.73 Å². The number of nitrogen functional groups attached to an aromatic ring is 1. The zero-order valence-corrected chi connectivity index (χ0v) is 8.37. The molecule has 0 aliphatic rings. The summed E-state index contributed by atoms with van der Waals surface area (Å²) in [6.45, 7) is 3.37. The maximum atomic E-state index is 13.2. The topological polar surface area (TPSA) is 26.0 Å². The summed E-state index contributed by atoms with van der Waals surface area (Å²) in [5.41, 5.74) is 3.15. The van der Waals surface area contributed by atoms with E-state index in [1.165, 1.54) is 0 Å². The van der Waals surface area contributed by atoms with Gasteiger partial charge in [-0.1, -0.05) is 13.8 Å². The van der Waals surface area contributed by atoms with Gasteiger partial charge in [0.05, 0.1) is 0 Å². The average molecular weight is 221 g/mol. The highest BCUT2D eigenvalue weighted by Crippen LogP contribution is 2.27. The van der Waals surface area contributed by atoms with Crippen molar-refractivity contribution in [3.05, 3.63) is 28.8 Å². The van der Waals surface area contributed by atoms with Gasteiger partial charge in [0.1, 0.15) is 5.69 Å². The molecule has 1 aromatic rings. The quantitative estimate of drug-likeness (QED) is 0.463. The van der Waals surface area contributed by atoms with Gasteiger partial charge in [-0.2, -0.15) is 0 Å². The third-order valence-corrected chi connectivity index (χ3v) is 2.00. The third-order valence-electron chi connectivity index (χ3n) is 2.00. The molecule has 0 aliphatic carbocycles. The second-order valence-electron chi connectivity index (χ2n) is 3.75. The van der Waals surface area contributed by atoms with Gasteiger partial charge in [0.25, 0.3) is 0 Å². The normalized spacial score (nSPS) is 11.1. The number of anilines is 1. The van der Waals surface area contributed by atoms with Gasteiger partial charge in [0.15, 0.2) is 23.3 Å². The van der Waals surface area contributed by atoms with Crippen LogP contribution < -0.4 is 5.73 Å². The zero-order chi connectivity index (χ0) is 11.7. The van der Waals surface area contributed by atoms with Crippen LogP contribution >= 0.6 is 0 Å². The van der Waals surface area contributed by atoms with Gasteiger partial charge in [-0.05, 0) is 12.3 Å². The van der Waals surface area contributed by atoms with E-state index in [0.717, 1.165) is 0 Å². The Labute approximate surface area is 84.9 Å². The van der Waals surface area contributed by atoms with Crippen molar-refractivity contribution in [1.29, 1.82) is 0 Å². The molecular weight excluding hydrogens is 210 g/mol. The van der Waals surface area contributed by atoms with Crippen molar-refractivity contribution >= 4 is 5.69 Å². The average Bonchev–Trinajstić information content (AvgIpc) is 2.18. The van der Waals surface area contributed by atoms with Crippen LogP contribution in [0, 0.1) is 29.2 Å².